The zero-order valence-corrected chi connectivity index (χ0v) is 17.7. The van der Waals surface area contributed by atoms with Gasteiger partial charge in [0.05, 0.1) is 24.8 Å². The molecular formula is C23H26FN5O2. The topological polar surface area (TPSA) is 82.3 Å². The summed E-state index contributed by atoms with van der Waals surface area (Å²) in [6, 6.07) is 8.78. The third kappa shape index (κ3) is 4.83. The van der Waals surface area contributed by atoms with Crippen LogP contribution >= 0.6 is 0 Å². The van der Waals surface area contributed by atoms with Crippen molar-refractivity contribution in [3.05, 3.63) is 52.7 Å². The van der Waals surface area contributed by atoms with Crippen molar-refractivity contribution in [3.8, 4) is 6.07 Å². The lowest BCUT2D eigenvalue weighted by molar-refractivity contribution is -0.132. The summed E-state index contributed by atoms with van der Waals surface area (Å²) in [5, 5.41) is 9.17. The number of anilines is 1. The number of carbonyl (C=O) groups excluding carboxylic acids is 1. The van der Waals surface area contributed by atoms with Crippen LogP contribution in [0.5, 0.6) is 0 Å². The third-order valence-corrected chi connectivity index (χ3v) is 5.78. The van der Waals surface area contributed by atoms with Gasteiger partial charge in [-0.3, -0.25) is 4.79 Å². The minimum atomic E-state index is -0.280. The van der Waals surface area contributed by atoms with Gasteiger partial charge in [0.2, 0.25) is 5.91 Å². The average Bonchev–Trinajstić information content (AvgIpc) is 3.62. The maximum atomic E-state index is 14.4. The smallest absolute Gasteiger partial charge is 0.225 e. The number of amides is 1. The van der Waals surface area contributed by atoms with Crippen molar-refractivity contribution in [2.24, 2.45) is 5.92 Å². The van der Waals surface area contributed by atoms with Crippen LogP contribution in [0.25, 0.3) is 0 Å². The molecule has 31 heavy (non-hydrogen) atoms. The van der Waals surface area contributed by atoms with Crippen molar-refractivity contribution in [1.82, 2.24) is 14.9 Å². The van der Waals surface area contributed by atoms with Crippen molar-refractivity contribution in [1.29, 1.82) is 5.26 Å². The fraction of sp³-hybridized carbons (Fsp3) is 0.478. The van der Waals surface area contributed by atoms with E-state index in [0.717, 1.165) is 18.4 Å². The van der Waals surface area contributed by atoms with Gasteiger partial charge in [-0.2, -0.15) is 5.26 Å². The Kier molecular flexibility index (Phi) is 6.42. The number of methoxy groups -OCH3 is 1. The van der Waals surface area contributed by atoms with E-state index < -0.39 is 0 Å². The number of halogens is 1. The van der Waals surface area contributed by atoms with Crippen molar-refractivity contribution >= 4 is 11.7 Å². The number of aromatic nitrogens is 2. The monoisotopic (exact) mass is 423 g/mol. The summed E-state index contributed by atoms with van der Waals surface area (Å²) in [6.45, 7) is 2.78. The molecule has 1 aliphatic heterocycles. The van der Waals surface area contributed by atoms with Gasteiger partial charge in [0, 0.05) is 51.2 Å². The fourth-order valence-electron chi connectivity index (χ4n) is 3.97. The molecule has 0 bridgehead atoms. The molecule has 0 unspecified atom stereocenters. The molecule has 0 spiro atoms. The van der Waals surface area contributed by atoms with E-state index in [9.17, 15) is 9.18 Å². The molecule has 2 fully saturated rings. The second-order valence-corrected chi connectivity index (χ2v) is 8.01. The summed E-state index contributed by atoms with van der Waals surface area (Å²) in [7, 11) is 1.58. The molecule has 0 atom stereocenters. The summed E-state index contributed by atoms with van der Waals surface area (Å²) < 4.78 is 19.8. The van der Waals surface area contributed by atoms with Crippen LogP contribution in [-0.4, -0.2) is 54.1 Å². The number of nitrogens with zero attached hydrogens (tertiary/aromatic N) is 5. The van der Waals surface area contributed by atoms with Crippen LogP contribution in [0.4, 0.5) is 10.2 Å². The van der Waals surface area contributed by atoms with E-state index in [4.69, 9.17) is 10.00 Å². The number of carbonyl (C=O) groups is 1. The molecule has 2 aliphatic rings. The van der Waals surface area contributed by atoms with Crippen molar-refractivity contribution in [2.45, 2.75) is 32.3 Å². The second-order valence-electron chi connectivity index (χ2n) is 8.01. The van der Waals surface area contributed by atoms with Crippen molar-refractivity contribution in [2.75, 3.05) is 38.2 Å². The van der Waals surface area contributed by atoms with E-state index in [-0.39, 0.29) is 30.7 Å². The fourth-order valence-corrected chi connectivity index (χ4v) is 3.97. The number of nitriles is 1. The van der Waals surface area contributed by atoms with Gasteiger partial charge in [-0.15, -0.1) is 0 Å². The van der Waals surface area contributed by atoms with Gasteiger partial charge in [0.25, 0.3) is 0 Å². The lowest BCUT2D eigenvalue weighted by atomic mass is 10.0. The van der Waals surface area contributed by atoms with Gasteiger partial charge in [0.15, 0.2) is 0 Å². The van der Waals surface area contributed by atoms with Crippen LogP contribution in [0.1, 0.15) is 35.5 Å². The summed E-state index contributed by atoms with van der Waals surface area (Å²) in [6.07, 6.45) is 2.41. The molecule has 8 heteroatoms. The van der Waals surface area contributed by atoms with Crippen molar-refractivity contribution in [3.63, 3.8) is 0 Å². The zero-order valence-electron chi connectivity index (χ0n) is 17.7. The molecule has 1 aromatic heterocycles. The third-order valence-electron chi connectivity index (χ3n) is 5.78. The standard InChI is InChI=1S/C23H26FN5O2/c1-31-15-20-18(14-17-4-2-3-5-19(17)24)22(27-21(26-20)8-9-25)28-10-12-29(13-11-28)23(30)16-6-7-16/h2-5,16H,6-8,10-15H2,1H3. The first kappa shape index (κ1) is 21.2. The first-order valence-electron chi connectivity index (χ1n) is 10.6. The Hall–Kier alpha value is -3.05. The van der Waals surface area contributed by atoms with Gasteiger partial charge in [-0.1, -0.05) is 18.2 Å². The molecule has 7 nitrogen and oxygen atoms in total. The summed E-state index contributed by atoms with van der Waals surface area (Å²) in [5.74, 6) is 1.31. The molecule has 2 heterocycles. The molecular weight excluding hydrogens is 397 g/mol. The van der Waals surface area contributed by atoms with Crippen LogP contribution < -0.4 is 4.90 Å². The van der Waals surface area contributed by atoms with E-state index in [1.165, 1.54) is 6.07 Å². The summed E-state index contributed by atoms with van der Waals surface area (Å²) in [4.78, 5) is 25.7. The predicted octanol–water partition coefficient (Wildman–Crippen LogP) is 2.48. The largest absolute Gasteiger partial charge is 0.378 e. The Morgan fingerprint density at radius 2 is 1.97 bits per heavy atom. The lowest BCUT2D eigenvalue weighted by Crippen LogP contribution is -2.50. The Labute approximate surface area is 181 Å². The van der Waals surface area contributed by atoms with Crippen LogP contribution in [0.15, 0.2) is 24.3 Å². The highest BCUT2D eigenvalue weighted by Crippen LogP contribution is 2.32. The minimum Gasteiger partial charge on any atom is -0.378 e. The second kappa shape index (κ2) is 9.40. The first-order chi connectivity index (χ1) is 15.1. The van der Waals surface area contributed by atoms with Gasteiger partial charge < -0.3 is 14.5 Å². The van der Waals surface area contributed by atoms with E-state index in [1.807, 2.05) is 4.90 Å². The van der Waals surface area contributed by atoms with Crippen molar-refractivity contribution < 1.29 is 13.9 Å². The molecule has 0 N–H and O–H groups in total. The number of hydrogen-bond donors (Lipinski definition) is 0. The lowest BCUT2D eigenvalue weighted by Gasteiger charge is -2.36. The van der Waals surface area contributed by atoms with E-state index in [1.54, 1.807) is 25.3 Å². The number of hydrogen-bond acceptors (Lipinski definition) is 6. The Morgan fingerprint density at radius 3 is 2.61 bits per heavy atom. The maximum absolute atomic E-state index is 14.4. The summed E-state index contributed by atoms with van der Waals surface area (Å²) in [5.41, 5.74) is 2.02. The Morgan fingerprint density at radius 1 is 1.23 bits per heavy atom. The number of rotatable bonds is 7. The number of benzene rings is 1. The highest BCUT2D eigenvalue weighted by Gasteiger charge is 2.35. The van der Waals surface area contributed by atoms with Gasteiger partial charge in [-0.25, -0.2) is 14.4 Å². The van der Waals surface area contributed by atoms with Gasteiger partial charge in [-0.05, 0) is 24.5 Å². The zero-order chi connectivity index (χ0) is 21.8. The van der Waals surface area contributed by atoms with Crippen LogP contribution in [0, 0.1) is 23.1 Å². The molecule has 162 valence electrons. The van der Waals surface area contributed by atoms with E-state index in [0.29, 0.717) is 55.5 Å². The molecule has 1 aromatic carbocycles. The molecule has 1 aliphatic carbocycles. The minimum absolute atomic E-state index is 0.0871. The van der Waals surface area contributed by atoms with Crippen LogP contribution in [0.2, 0.25) is 0 Å². The Balaban J connectivity index is 1.66. The van der Waals surface area contributed by atoms with E-state index >= 15 is 0 Å². The number of ether oxygens (including phenoxy) is 1. The van der Waals surface area contributed by atoms with Crippen LogP contribution in [0.3, 0.4) is 0 Å². The maximum Gasteiger partial charge on any atom is 0.225 e. The summed E-state index contributed by atoms with van der Waals surface area (Å²) >= 11 is 0. The highest BCUT2D eigenvalue weighted by atomic mass is 19.1. The predicted molar refractivity (Wildman–Crippen MR) is 113 cm³/mol. The van der Waals surface area contributed by atoms with Crippen LogP contribution in [-0.2, 0) is 29.0 Å². The molecule has 1 saturated carbocycles. The highest BCUT2D eigenvalue weighted by molar-refractivity contribution is 5.81. The Bertz CT molecular complexity index is 994. The molecule has 1 saturated heterocycles. The van der Waals surface area contributed by atoms with Gasteiger partial charge in [0.1, 0.15) is 17.5 Å². The average molecular weight is 423 g/mol. The SMILES string of the molecule is COCc1nc(CC#N)nc(N2CCN(C(=O)C3CC3)CC2)c1Cc1ccccc1F. The molecule has 1 amide bonds. The molecule has 0 radical (unpaired) electrons. The number of piperazine rings is 1. The quantitative estimate of drug-likeness (QED) is 0.681. The van der Waals surface area contributed by atoms with Gasteiger partial charge >= 0.3 is 0 Å². The first-order valence-corrected chi connectivity index (χ1v) is 10.6. The molecule has 4 rings (SSSR count). The molecule has 2 aromatic rings. The normalized spacial score (nSPS) is 16.3. The van der Waals surface area contributed by atoms with E-state index in [2.05, 4.69) is 20.9 Å².